The van der Waals surface area contributed by atoms with Crippen LogP contribution in [0.2, 0.25) is 0 Å². The second-order valence-corrected chi connectivity index (χ2v) is 7.41. The summed E-state index contributed by atoms with van der Waals surface area (Å²) in [7, 11) is 0. The van der Waals surface area contributed by atoms with Crippen LogP contribution in [-0.2, 0) is 11.8 Å². The van der Waals surface area contributed by atoms with Gasteiger partial charge < -0.3 is 10.1 Å². The number of aryl methyl sites for hydroxylation is 1. The number of ether oxygens (including phenoxy) is 1. The van der Waals surface area contributed by atoms with Gasteiger partial charge in [0.05, 0.1) is 6.61 Å². The summed E-state index contributed by atoms with van der Waals surface area (Å²) in [4.78, 5) is 0. The lowest BCUT2D eigenvalue weighted by molar-refractivity contribution is 0.248. The Morgan fingerprint density at radius 2 is 1.81 bits per heavy atom. The van der Waals surface area contributed by atoms with Crippen LogP contribution in [0.3, 0.4) is 0 Å². The van der Waals surface area contributed by atoms with E-state index in [1.54, 1.807) is 0 Å². The van der Waals surface area contributed by atoms with Crippen LogP contribution in [0, 0.1) is 5.92 Å². The minimum absolute atomic E-state index is 0.111. The molecule has 0 saturated heterocycles. The van der Waals surface area contributed by atoms with E-state index in [0.29, 0.717) is 12.0 Å². The zero-order chi connectivity index (χ0) is 16.0. The van der Waals surface area contributed by atoms with E-state index in [-0.39, 0.29) is 5.41 Å². The van der Waals surface area contributed by atoms with Crippen molar-refractivity contribution < 1.29 is 4.74 Å². The minimum Gasteiger partial charge on any atom is -0.493 e. The predicted octanol–water partition coefficient (Wildman–Crippen LogP) is 4.56. The maximum absolute atomic E-state index is 6.12. The average molecular weight is 291 g/mol. The molecule has 0 aliphatic carbocycles. The third kappa shape index (κ3) is 6.09. The van der Waals surface area contributed by atoms with E-state index in [1.807, 2.05) is 0 Å². The minimum atomic E-state index is 0.111. The third-order valence-electron chi connectivity index (χ3n) is 3.66. The van der Waals surface area contributed by atoms with Gasteiger partial charge >= 0.3 is 0 Å². The fourth-order valence-electron chi connectivity index (χ4n) is 2.24. The first-order valence-corrected chi connectivity index (χ1v) is 8.23. The average Bonchev–Trinajstić information content (AvgIpc) is 2.41. The van der Waals surface area contributed by atoms with Crippen LogP contribution in [0.4, 0.5) is 0 Å². The van der Waals surface area contributed by atoms with Gasteiger partial charge in [0, 0.05) is 18.5 Å². The molecule has 21 heavy (non-hydrogen) atoms. The number of hydrogen-bond acceptors (Lipinski definition) is 2. The summed E-state index contributed by atoms with van der Waals surface area (Å²) in [5.74, 6) is 1.54. The largest absolute Gasteiger partial charge is 0.493 e. The fourth-order valence-corrected chi connectivity index (χ4v) is 2.24. The summed E-state index contributed by atoms with van der Waals surface area (Å²) in [5.41, 5.74) is 2.80. The monoisotopic (exact) mass is 291 g/mol. The molecule has 1 atom stereocenters. The van der Waals surface area contributed by atoms with Gasteiger partial charge in [0.15, 0.2) is 0 Å². The Bertz CT molecular complexity index is 432. The summed E-state index contributed by atoms with van der Waals surface area (Å²) in [6.07, 6.45) is 1.07. The molecule has 0 fully saturated rings. The maximum atomic E-state index is 6.12. The highest BCUT2D eigenvalue weighted by Gasteiger charge is 2.19. The van der Waals surface area contributed by atoms with Crippen LogP contribution in [-0.4, -0.2) is 19.2 Å². The molecule has 0 bridgehead atoms. The Kier molecular flexibility index (Phi) is 6.73. The molecule has 2 heteroatoms. The van der Waals surface area contributed by atoms with Gasteiger partial charge in [-0.05, 0) is 29.0 Å². The topological polar surface area (TPSA) is 21.3 Å². The number of hydrogen-bond donors (Lipinski definition) is 1. The molecule has 0 aliphatic rings. The van der Waals surface area contributed by atoms with Crippen LogP contribution in [0.5, 0.6) is 5.75 Å². The molecule has 1 unspecified atom stereocenters. The van der Waals surface area contributed by atoms with Crippen molar-refractivity contribution in [2.45, 2.75) is 66.3 Å². The zero-order valence-electron chi connectivity index (χ0n) is 14.9. The van der Waals surface area contributed by atoms with Gasteiger partial charge in [-0.15, -0.1) is 0 Å². The molecule has 2 nitrogen and oxygen atoms in total. The van der Waals surface area contributed by atoms with Crippen molar-refractivity contribution in [3.8, 4) is 5.75 Å². The van der Waals surface area contributed by atoms with Crippen molar-refractivity contribution in [1.29, 1.82) is 0 Å². The molecule has 1 aromatic rings. The lowest BCUT2D eigenvalue weighted by Crippen LogP contribution is -2.30. The second-order valence-electron chi connectivity index (χ2n) is 7.41. The highest BCUT2D eigenvalue weighted by Crippen LogP contribution is 2.32. The summed E-state index contributed by atoms with van der Waals surface area (Å²) in [6, 6.07) is 7.15. The Balaban J connectivity index is 2.74. The van der Waals surface area contributed by atoms with Crippen LogP contribution in [0.15, 0.2) is 18.2 Å². The van der Waals surface area contributed by atoms with Crippen LogP contribution in [0.1, 0.15) is 59.6 Å². The fraction of sp³-hybridized carbons (Fsp3) is 0.684. The van der Waals surface area contributed by atoms with Gasteiger partial charge in [0.2, 0.25) is 0 Å². The SMILES string of the molecule is CCc1ccc(OCC(C)CNC(C)C)c(C(C)(C)C)c1. The summed E-state index contributed by atoms with van der Waals surface area (Å²) < 4.78 is 6.12. The molecule has 1 N–H and O–H groups in total. The van der Waals surface area contributed by atoms with E-state index < -0.39 is 0 Å². The summed E-state index contributed by atoms with van der Waals surface area (Å²) in [5, 5.41) is 3.46. The molecule has 0 heterocycles. The van der Waals surface area contributed by atoms with Gasteiger partial charge in [-0.2, -0.15) is 0 Å². The van der Waals surface area contributed by atoms with E-state index in [1.165, 1.54) is 11.1 Å². The lowest BCUT2D eigenvalue weighted by Gasteiger charge is -2.25. The van der Waals surface area contributed by atoms with Crippen molar-refractivity contribution >= 4 is 0 Å². The zero-order valence-corrected chi connectivity index (χ0v) is 14.9. The molecule has 0 spiro atoms. The highest BCUT2D eigenvalue weighted by molar-refractivity contribution is 5.41. The van der Waals surface area contributed by atoms with Crippen LogP contribution < -0.4 is 10.1 Å². The van der Waals surface area contributed by atoms with Crippen molar-refractivity contribution in [3.05, 3.63) is 29.3 Å². The van der Waals surface area contributed by atoms with Gasteiger partial charge in [-0.25, -0.2) is 0 Å². The van der Waals surface area contributed by atoms with Gasteiger partial charge in [0.1, 0.15) is 5.75 Å². The van der Waals surface area contributed by atoms with Crippen LogP contribution >= 0.6 is 0 Å². The quantitative estimate of drug-likeness (QED) is 0.795. The van der Waals surface area contributed by atoms with E-state index in [2.05, 4.69) is 72.0 Å². The molecular weight excluding hydrogens is 258 g/mol. The van der Waals surface area contributed by atoms with Crippen LogP contribution in [0.25, 0.3) is 0 Å². The lowest BCUT2D eigenvalue weighted by atomic mass is 9.85. The molecule has 0 aliphatic heterocycles. The van der Waals surface area contributed by atoms with Crippen molar-refractivity contribution in [2.24, 2.45) is 5.92 Å². The molecular formula is C19H33NO. The molecule has 1 rings (SSSR count). The first kappa shape index (κ1) is 18.0. The first-order valence-electron chi connectivity index (χ1n) is 8.23. The highest BCUT2D eigenvalue weighted by atomic mass is 16.5. The Morgan fingerprint density at radius 1 is 1.14 bits per heavy atom. The standard InChI is InChI=1S/C19H33NO/c1-8-16-9-10-18(17(11-16)19(5,6)7)21-13-15(4)12-20-14(2)3/h9-11,14-15,20H,8,12-13H2,1-7H3. The molecule has 0 saturated carbocycles. The van der Waals surface area contributed by atoms with Crippen molar-refractivity contribution in [2.75, 3.05) is 13.2 Å². The number of nitrogens with one attached hydrogen (secondary N) is 1. The molecule has 0 radical (unpaired) electrons. The Morgan fingerprint density at radius 3 is 2.33 bits per heavy atom. The van der Waals surface area contributed by atoms with Gasteiger partial charge in [0.25, 0.3) is 0 Å². The van der Waals surface area contributed by atoms with Crippen molar-refractivity contribution in [1.82, 2.24) is 5.32 Å². The smallest absolute Gasteiger partial charge is 0.123 e. The van der Waals surface area contributed by atoms with Gasteiger partial charge in [-0.1, -0.05) is 60.6 Å². The van der Waals surface area contributed by atoms with Gasteiger partial charge in [-0.3, -0.25) is 0 Å². The van der Waals surface area contributed by atoms with E-state index in [9.17, 15) is 0 Å². The maximum Gasteiger partial charge on any atom is 0.123 e. The normalized spacial score (nSPS) is 13.5. The molecule has 120 valence electrons. The van der Waals surface area contributed by atoms with E-state index >= 15 is 0 Å². The summed E-state index contributed by atoms with van der Waals surface area (Å²) >= 11 is 0. The van der Waals surface area contributed by atoms with Crippen molar-refractivity contribution in [3.63, 3.8) is 0 Å². The third-order valence-corrected chi connectivity index (χ3v) is 3.66. The Labute approximate surface area is 131 Å². The molecule has 0 aromatic heterocycles. The Hall–Kier alpha value is -1.02. The van der Waals surface area contributed by atoms with E-state index in [4.69, 9.17) is 4.74 Å². The number of benzene rings is 1. The molecule has 0 amide bonds. The number of rotatable bonds is 7. The summed E-state index contributed by atoms with van der Waals surface area (Å²) in [6.45, 7) is 17.3. The first-order chi connectivity index (χ1) is 9.74. The second kappa shape index (κ2) is 7.84. The van der Waals surface area contributed by atoms with E-state index in [0.717, 1.165) is 25.3 Å². The molecule has 1 aromatic carbocycles. The predicted molar refractivity (Wildman–Crippen MR) is 92.3 cm³/mol.